The Kier molecular flexibility index (Phi) is 6.97. The molecule has 166 valence electrons. The van der Waals surface area contributed by atoms with Gasteiger partial charge in [0.15, 0.2) is 0 Å². The van der Waals surface area contributed by atoms with E-state index in [2.05, 4.69) is 5.32 Å². The van der Waals surface area contributed by atoms with Gasteiger partial charge < -0.3 is 15.0 Å². The van der Waals surface area contributed by atoms with Crippen molar-refractivity contribution in [2.24, 2.45) is 0 Å². The van der Waals surface area contributed by atoms with Crippen LogP contribution in [0.25, 0.3) is 0 Å². The minimum Gasteiger partial charge on any atom is -0.378 e. The molecule has 9 heteroatoms. The van der Waals surface area contributed by atoms with E-state index in [-0.39, 0.29) is 12.5 Å². The van der Waals surface area contributed by atoms with Crippen LogP contribution >= 0.6 is 0 Å². The van der Waals surface area contributed by atoms with Gasteiger partial charge >= 0.3 is 0 Å². The van der Waals surface area contributed by atoms with E-state index in [0.717, 1.165) is 16.1 Å². The summed E-state index contributed by atoms with van der Waals surface area (Å²) < 4.78 is 31.1. The van der Waals surface area contributed by atoms with Crippen molar-refractivity contribution in [3.05, 3.63) is 59.2 Å². The average Bonchev–Trinajstić information content (AvgIpc) is 2.73. The highest BCUT2D eigenvalue weighted by atomic mass is 32.2. The molecule has 1 fully saturated rings. The zero-order valence-electron chi connectivity index (χ0n) is 17.9. The molecule has 1 saturated heterocycles. The van der Waals surface area contributed by atoms with Crippen LogP contribution in [0.3, 0.4) is 0 Å². The van der Waals surface area contributed by atoms with Gasteiger partial charge in [-0.25, -0.2) is 8.42 Å². The van der Waals surface area contributed by atoms with Crippen molar-refractivity contribution in [2.45, 2.75) is 13.8 Å². The summed E-state index contributed by atoms with van der Waals surface area (Å²) in [5.41, 5.74) is 2.80. The molecular weight excluding hydrogens is 418 g/mol. The third-order valence-corrected chi connectivity index (χ3v) is 6.33. The summed E-state index contributed by atoms with van der Waals surface area (Å²) in [6.45, 7) is 5.23. The van der Waals surface area contributed by atoms with Gasteiger partial charge in [0.25, 0.3) is 5.91 Å². The Morgan fingerprint density at radius 1 is 1.06 bits per heavy atom. The maximum Gasteiger partial charge on any atom is 0.254 e. The summed E-state index contributed by atoms with van der Waals surface area (Å²) in [4.78, 5) is 27.3. The Bertz CT molecular complexity index is 1080. The second kappa shape index (κ2) is 9.49. The number of hydrogen-bond donors (Lipinski definition) is 1. The summed E-state index contributed by atoms with van der Waals surface area (Å²) in [6.07, 6.45) is 1.07. The predicted molar refractivity (Wildman–Crippen MR) is 120 cm³/mol. The summed E-state index contributed by atoms with van der Waals surface area (Å²) in [5, 5.41) is 2.76. The second-order valence-corrected chi connectivity index (χ2v) is 9.39. The minimum absolute atomic E-state index is 0.116. The maximum absolute atomic E-state index is 12.9. The van der Waals surface area contributed by atoms with Crippen LogP contribution in [0, 0.1) is 13.8 Å². The number of carbonyl (C=O) groups is 2. The lowest BCUT2D eigenvalue weighted by molar-refractivity contribution is -0.114. The van der Waals surface area contributed by atoms with Crippen LogP contribution in [-0.2, 0) is 19.6 Å². The Morgan fingerprint density at radius 2 is 1.74 bits per heavy atom. The number of amides is 2. The molecule has 0 saturated carbocycles. The lowest BCUT2D eigenvalue weighted by Crippen LogP contribution is -2.41. The standard InChI is InChI=1S/C22H27N3O5S/c1-16-7-4-5-10-20(16)25(31(3,28)29)15-21(26)23-19-9-6-8-18(17(19)2)22(27)24-11-13-30-14-12-24/h4-10H,11-15H2,1-3H3,(H,23,26). The van der Waals surface area contributed by atoms with E-state index in [0.29, 0.717) is 48.8 Å². The molecule has 0 spiro atoms. The molecule has 2 amide bonds. The molecule has 0 radical (unpaired) electrons. The van der Waals surface area contributed by atoms with E-state index in [9.17, 15) is 18.0 Å². The smallest absolute Gasteiger partial charge is 0.254 e. The third-order valence-electron chi connectivity index (χ3n) is 5.21. The topological polar surface area (TPSA) is 96.0 Å². The molecule has 2 aromatic rings. The SMILES string of the molecule is Cc1ccccc1N(CC(=O)Nc1cccc(C(=O)N2CCOCC2)c1C)S(C)(=O)=O. The lowest BCUT2D eigenvalue weighted by Gasteiger charge is -2.28. The minimum atomic E-state index is -3.67. The van der Waals surface area contributed by atoms with Crippen molar-refractivity contribution in [1.82, 2.24) is 4.90 Å². The number of hydrogen-bond acceptors (Lipinski definition) is 5. The highest BCUT2D eigenvalue weighted by molar-refractivity contribution is 7.92. The summed E-state index contributed by atoms with van der Waals surface area (Å²) in [6, 6.07) is 12.1. The molecule has 1 aliphatic rings. The summed E-state index contributed by atoms with van der Waals surface area (Å²) in [7, 11) is -3.67. The first-order valence-corrected chi connectivity index (χ1v) is 11.8. The number of aryl methyl sites for hydroxylation is 1. The Labute approximate surface area is 182 Å². The van der Waals surface area contributed by atoms with Crippen molar-refractivity contribution in [2.75, 3.05) is 48.7 Å². The number of morpholine rings is 1. The van der Waals surface area contributed by atoms with E-state index >= 15 is 0 Å². The number of carbonyl (C=O) groups excluding carboxylic acids is 2. The normalized spacial score (nSPS) is 14.2. The first kappa shape index (κ1) is 22.8. The summed E-state index contributed by atoms with van der Waals surface area (Å²) in [5.74, 6) is -0.609. The Hall–Kier alpha value is -2.91. The number of rotatable bonds is 6. The molecule has 8 nitrogen and oxygen atoms in total. The van der Waals surface area contributed by atoms with E-state index in [1.165, 1.54) is 0 Å². The molecule has 0 atom stereocenters. The van der Waals surface area contributed by atoms with Crippen LogP contribution in [0.2, 0.25) is 0 Å². The van der Waals surface area contributed by atoms with E-state index < -0.39 is 15.9 Å². The fourth-order valence-corrected chi connectivity index (χ4v) is 4.40. The molecule has 3 rings (SSSR count). The van der Waals surface area contributed by atoms with Crippen LogP contribution < -0.4 is 9.62 Å². The molecule has 1 N–H and O–H groups in total. The highest BCUT2D eigenvalue weighted by Gasteiger charge is 2.24. The third kappa shape index (κ3) is 5.42. The Morgan fingerprint density at radius 3 is 2.39 bits per heavy atom. The first-order chi connectivity index (χ1) is 14.7. The average molecular weight is 446 g/mol. The molecule has 0 aliphatic carbocycles. The Balaban J connectivity index is 1.79. The zero-order valence-corrected chi connectivity index (χ0v) is 18.7. The fraction of sp³-hybridized carbons (Fsp3) is 0.364. The molecular formula is C22H27N3O5S. The number of anilines is 2. The van der Waals surface area contributed by atoms with Crippen LogP contribution in [-0.4, -0.2) is 64.2 Å². The monoisotopic (exact) mass is 445 g/mol. The van der Waals surface area contributed by atoms with E-state index in [1.54, 1.807) is 61.2 Å². The van der Waals surface area contributed by atoms with Crippen molar-refractivity contribution in [3.8, 4) is 0 Å². The van der Waals surface area contributed by atoms with Gasteiger partial charge in [-0.05, 0) is 43.2 Å². The summed E-state index contributed by atoms with van der Waals surface area (Å²) >= 11 is 0. The molecule has 2 aromatic carbocycles. The molecule has 1 aliphatic heterocycles. The van der Waals surface area contributed by atoms with Gasteiger partial charge in [-0.15, -0.1) is 0 Å². The lowest BCUT2D eigenvalue weighted by atomic mass is 10.0. The quantitative estimate of drug-likeness (QED) is 0.735. The number of nitrogens with zero attached hydrogens (tertiary/aromatic N) is 2. The molecule has 0 aromatic heterocycles. The van der Waals surface area contributed by atoms with Crippen LogP contribution in [0.4, 0.5) is 11.4 Å². The van der Waals surface area contributed by atoms with Crippen molar-refractivity contribution in [1.29, 1.82) is 0 Å². The van der Waals surface area contributed by atoms with Crippen LogP contribution in [0.5, 0.6) is 0 Å². The zero-order chi connectivity index (χ0) is 22.6. The number of ether oxygens (including phenoxy) is 1. The van der Waals surface area contributed by atoms with Crippen molar-refractivity contribution >= 4 is 33.2 Å². The number of sulfonamides is 1. The van der Waals surface area contributed by atoms with Crippen molar-refractivity contribution < 1.29 is 22.7 Å². The number of para-hydroxylation sites is 1. The fourth-order valence-electron chi connectivity index (χ4n) is 3.48. The number of nitrogens with one attached hydrogen (secondary N) is 1. The van der Waals surface area contributed by atoms with Crippen molar-refractivity contribution in [3.63, 3.8) is 0 Å². The van der Waals surface area contributed by atoms with Gasteiger partial charge in [0.2, 0.25) is 15.9 Å². The van der Waals surface area contributed by atoms with Gasteiger partial charge in [-0.1, -0.05) is 24.3 Å². The molecule has 31 heavy (non-hydrogen) atoms. The number of benzene rings is 2. The van der Waals surface area contributed by atoms with Gasteiger partial charge in [0, 0.05) is 24.3 Å². The van der Waals surface area contributed by atoms with Crippen LogP contribution in [0.1, 0.15) is 21.5 Å². The maximum atomic E-state index is 12.9. The predicted octanol–water partition coefficient (Wildman–Crippen LogP) is 2.18. The largest absolute Gasteiger partial charge is 0.378 e. The van der Waals surface area contributed by atoms with E-state index in [1.807, 2.05) is 0 Å². The van der Waals surface area contributed by atoms with Gasteiger partial charge in [0.1, 0.15) is 6.54 Å². The van der Waals surface area contributed by atoms with E-state index in [4.69, 9.17) is 4.74 Å². The molecule has 1 heterocycles. The van der Waals surface area contributed by atoms with Gasteiger partial charge in [-0.2, -0.15) is 0 Å². The van der Waals surface area contributed by atoms with Gasteiger partial charge in [-0.3, -0.25) is 13.9 Å². The van der Waals surface area contributed by atoms with Crippen LogP contribution in [0.15, 0.2) is 42.5 Å². The molecule has 0 bridgehead atoms. The second-order valence-electron chi connectivity index (χ2n) is 7.49. The first-order valence-electron chi connectivity index (χ1n) is 9.98. The van der Waals surface area contributed by atoms with Gasteiger partial charge in [0.05, 0.1) is 25.2 Å². The molecule has 0 unspecified atom stereocenters. The highest BCUT2D eigenvalue weighted by Crippen LogP contribution is 2.24.